The lowest BCUT2D eigenvalue weighted by Gasteiger charge is -2.31. The lowest BCUT2D eigenvalue weighted by Crippen LogP contribution is -2.49. The van der Waals surface area contributed by atoms with Crippen molar-refractivity contribution in [3.8, 4) is 0 Å². The van der Waals surface area contributed by atoms with Gasteiger partial charge in [-0.2, -0.15) is 0 Å². The Labute approximate surface area is 182 Å². The zero-order valence-electron chi connectivity index (χ0n) is 15.8. The van der Waals surface area contributed by atoms with Crippen LogP contribution in [0.25, 0.3) is 0 Å². The van der Waals surface area contributed by atoms with Crippen LogP contribution in [-0.4, -0.2) is 44.0 Å². The Hall–Kier alpha value is -0.830. The van der Waals surface area contributed by atoms with Crippen molar-refractivity contribution in [1.29, 1.82) is 0 Å². The summed E-state index contributed by atoms with van der Waals surface area (Å²) in [6, 6.07) is 8.15. The van der Waals surface area contributed by atoms with Crippen LogP contribution in [0.3, 0.4) is 0 Å². The molecule has 0 aromatic heterocycles. The molecule has 26 heavy (non-hydrogen) atoms. The molecule has 0 heterocycles. The molecule has 1 saturated carbocycles. The van der Waals surface area contributed by atoms with Crippen LogP contribution in [0.15, 0.2) is 33.7 Å². The third kappa shape index (κ3) is 6.40. The summed E-state index contributed by atoms with van der Waals surface area (Å²) in [7, 11) is 3.68. The van der Waals surface area contributed by atoms with Crippen LogP contribution in [0.1, 0.15) is 38.2 Å². The van der Waals surface area contributed by atoms with E-state index in [4.69, 9.17) is 0 Å². The van der Waals surface area contributed by atoms with E-state index in [0.29, 0.717) is 13.1 Å². The Bertz CT molecular complexity index is 615. The lowest BCUT2D eigenvalue weighted by molar-refractivity contribution is -0.138. The molecule has 0 spiro atoms. The van der Waals surface area contributed by atoms with Crippen molar-refractivity contribution in [2.75, 3.05) is 27.2 Å². The molecule has 0 radical (unpaired) electrons. The van der Waals surface area contributed by atoms with Crippen LogP contribution in [0.5, 0.6) is 0 Å². The minimum atomic E-state index is -0.296. The number of benzene rings is 1. The molecule has 2 N–H and O–H groups in total. The minimum absolute atomic E-state index is 0. The maximum absolute atomic E-state index is 12.7. The summed E-state index contributed by atoms with van der Waals surface area (Å²) in [5.41, 5.74) is 0.849. The van der Waals surface area contributed by atoms with E-state index in [0.717, 1.165) is 48.2 Å². The molecule has 7 heteroatoms. The highest BCUT2D eigenvalue weighted by atomic mass is 127. The van der Waals surface area contributed by atoms with Gasteiger partial charge in [-0.25, -0.2) is 4.99 Å². The maximum atomic E-state index is 12.7. The molecule has 0 atom stereocenters. The SMILES string of the molecule is CCNC(=NCc1cccc(Br)c1)NCC1(C(=O)N(C)C)CCCC1.I. The average molecular weight is 537 g/mol. The molecule has 0 unspecified atom stereocenters. The molecule has 0 bridgehead atoms. The van der Waals surface area contributed by atoms with Crippen LogP contribution in [0.4, 0.5) is 0 Å². The first-order valence-corrected chi connectivity index (χ1v) is 9.74. The third-order valence-corrected chi connectivity index (χ3v) is 5.16. The van der Waals surface area contributed by atoms with Gasteiger partial charge in [-0.3, -0.25) is 4.79 Å². The fraction of sp³-hybridized carbons (Fsp3) is 0.579. The van der Waals surface area contributed by atoms with Gasteiger partial charge in [-0.15, -0.1) is 24.0 Å². The standard InChI is InChI=1S/C19H29BrN4O.HI/c1-4-21-18(22-13-15-8-7-9-16(20)12-15)23-14-19(10-5-6-11-19)17(25)24(2)3;/h7-9,12H,4-6,10-11,13-14H2,1-3H3,(H2,21,22,23);1H. The topological polar surface area (TPSA) is 56.7 Å². The molecule has 2 rings (SSSR count). The molecule has 1 aliphatic rings. The molecule has 1 amide bonds. The van der Waals surface area contributed by atoms with E-state index < -0.39 is 0 Å². The maximum Gasteiger partial charge on any atom is 0.230 e. The van der Waals surface area contributed by atoms with Gasteiger partial charge in [-0.05, 0) is 37.5 Å². The van der Waals surface area contributed by atoms with Crippen molar-refractivity contribution in [3.05, 3.63) is 34.3 Å². The Morgan fingerprint density at radius 3 is 2.54 bits per heavy atom. The number of rotatable bonds is 6. The van der Waals surface area contributed by atoms with E-state index >= 15 is 0 Å². The van der Waals surface area contributed by atoms with Crippen molar-refractivity contribution in [2.45, 2.75) is 39.2 Å². The second-order valence-corrected chi connectivity index (χ2v) is 7.78. The van der Waals surface area contributed by atoms with E-state index in [1.54, 1.807) is 4.90 Å². The summed E-state index contributed by atoms with van der Waals surface area (Å²) < 4.78 is 1.06. The van der Waals surface area contributed by atoms with Gasteiger partial charge in [0.2, 0.25) is 5.91 Å². The monoisotopic (exact) mass is 536 g/mol. The smallest absolute Gasteiger partial charge is 0.230 e. The van der Waals surface area contributed by atoms with Crippen LogP contribution >= 0.6 is 39.9 Å². The molecule has 1 aliphatic carbocycles. The number of carbonyl (C=O) groups excluding carboxylic acids is 1. The largest absolute Gasteiger partial charge is 0.357 e. The fourth-order valence-corrected chi connectivity index (χ4v) is 3.84. The highest BCUT2D eigenvalue weighted by Gasteiger charge is 2.42. The molecule has 1 aromatic carbocycles. The quantitative estimate of drug-likeness (QED) is 0.330. The Morgan fingerprint density at radius 2 is 1.96 bits per heavy atom. The number of guanidine groups is 1. The van der Waals surface area contributed by atoms with Gasteiger partial charge >= 0.3 is 0 Å². The lowest BCUT2D eigenvalue weighted by atomic mass is 9.84. The first kappa shape index (κ1) is 23.2. The van der Waals surface area contributed by atoms with E-state index in [9.17, 15) is 4.79 Å². The molecule has 1 fully saturated rings. The first-order valence-electron chi connectivity index (χ1n) is 8.95. The Kier molecular flexibility index (Phi) is 9.92. The summed E-state index contributed by atoms with van der Waals surface area (Å²) >= 11 is 3.49. The molecule has 0 saturated heterocycles. The van der Waals surface area contributed by atoms with E-state index in [1.165, 1.54) is 0 Å². The van der Waals surface area contributed by atoms with Crippen LogP contribution < -0.4 is 10.6 Å². The summed E-state index contributed by atoms with van der Waals surface area (Å²) in [4.78, 5) is 19.1. The minimum Gasteiger partial charge on any atom is -0.357 e. The average Bonchev–Trinajstić information content (AvgIpc) is 3.06. The molecular formula is C19H30BrIN4O. The van der Waals surface area contributed by atoms with Crippen molar-refractivity contribution in [1.82, 2.24) is 15.5 Å². The first-order chi connectivity index (χ1) is 12.0. The van der Waals surface area contributed by atoms with Gasteiger partial charge in [-0.1, -0.05) is 40.9 Å². The predicted octanol–water partition coefficient (Wildman–Crippen LogP) is 3.77. The number of hydrogen-bond donors (Lipinski definition) is 2. The fourth-order valence-electron chi connectivity index (χ4n) is 3.39. The van der Waals surface area contributed by atoms with Gasteiger partial charge in [0, 0.05) is 31.7 Å². The summed E-state index contributed by atoms with van der Waals surface area (Å²) in [5, 5.41) is 6.68. The van der Waals surface area contributed by atoms with E-state index in [-0.39, 0.29) is 35.3 Å². The molecule has 146 valence electrons. The van der Waals surface area contributed by atoms with Crippen molar-refractivity contribution in [2.24, 2.45) is 10.4 Å². The zero-order valence-corrected chi connectivity index (χ0v) is 19.8. The summed E-state index contributed by atoms with van der Waals surface area (Å²) in [6.45, 7) is 4.07. The zero-order chi connectivity index (χ0) is 18.3. The Morgan fingerprint density at radius 1 is 1.27 bits per heavy atom. The van der Waals surface area contributed by atoms with E-state index in [1.807, 2.05) is 33.2 Å². The van der Waals surface area contributed by atoms with Gasteiger partial charge in [0.05, 0.1) is 12.0 Å². The molecular weight excluding hydrogens is 507 g/mol. The highest BCUT2D eigenvalue weighted by molar-refractivity contribution is 14.0. The van der Waals surface area contributed by atoms with Gasteiger partial charge < -0.3 is 15.5 Å². The van der Waals surface area contributed by atoms with Gasteiger partial charge in [0.15, 0.2) is 5.96 Å². The van der Waals surface area contributed by atoms with Crippen molar-refractivity contribution in [3.63, 3.8) is 0 Å². The predicted molar refractivity (Wildman–Crippen MR) is 122 cm³/mol. The molecule has 5 nitrogen and oxygen atoms in total. The third-order valence-electron chi connectivity index (χ3n) is 4.67. The number of halogens is 2. The normalized spacial score (nSPS) is 15.9. The summed E-state index contributed by atoms with van der Waals surface area (Å²) in [5.74, 6) is 0.987. The number of carbonyl (C=O) groups is 1. The Balaban J connectivity index is 0.00000338. The van der Waals surface area contributed by atoms with Crippen molar-refractivity contribution >= 4 is 51.8 Å². The van der Waals surface area contributed by atoms with Crippen LogP contribution in [0.2, 0.25) is 0 Å². The number of nitrogens with one attached hydrogen (secondary N) is 2. The second-order valence-electron chi connectivity index (χ2n) is 6.87. The van der Waals surface area contributed by atoms with Crippen LogP contribution in [-0.2, 0) is 11.3 Å². The molecule has 0 aliphatic heterocycles. The number of hydrogen-bond acceptors (Lipinski definition) is 2. The number of nitrogens with zero attached hydrogens (tertiary/aromatic N) is 2. The molecule has 1 aromatic rings. The summed E-state index contributed by atoms with van der Waals surface area (Å²) in [6.07, 6.45) is 4.13. The van der Waals surface area contributed by atoms with Gasteiger partial charge in [0.1, 0.15) is 0 Å². The highest BCUT2D eigenvalue weighted by Crippen LogP contribution is 2.38. The number of aliphatic imine (C=N–C) groups is 1. The van der Waals surface area contributed by atoms with Gasteiger partial charge in [0.25, 0.3) is 0 Å². The van der Waals surface area contributed by atoms with Crippen molar-refractivity contribution < 1.29 is 4.79 Å². The van der Waals surface area contributed by atoms with E-state index in [2.05, 4.69) is 43.7 Å². The number of amides is 1. The van der Waals surface area contributed by atoms with Crippen LogP contribution in [0, 0.1) is 5.41 Å². The second kappa shape index (κ2) is 11.1.